The molecule has 70 valence electrons. The maximum absolute atomic E-state index is 3.52. The van der Waals surface area contributed by atoms with Crippen molar-refractivity contribution in [2.45, 2.75) is 24.5 Å². The van der Waals surface area contributed by atoms with E-state index in [1.54, 1.807) is 0 Å². The first-order valence-electron chi connectivity index (χ1n) is 4.73. The number of rotatable bonds is 1. The molecular weight excluding hydrogens is 244 g/mol. The fraction of sp³-hybridized carbons (Fsp3) is 0.455. The summed E-state index contributed by atoms with van der Waals surface area (Å²) >= 11 is 5.62. The van der Waals surface area contributed by atoms with Crippen LogP contribution in [0.3, 0.4) is 0 Å². The summed E-state index contributed by atoms with van der Waals surface area (Å²) in [6.07, 6.45) is 4.14. The summed E-state index contributed by atoms with van der Waals surface area (Å²) in [6, 6.07) is 8.72. The normalized spacial score (nSPS) is 23.0. The Morgan fingerprint density at radius 3 is 2.92 bits per heavy atom. The van der Waals surface area contributed by atoms with E-state index in [-0.39, 0.29) is 0 Å². The summed E-state index contributed by atoms with van der Waals surface area (Å²) in [5, 5.41) is 0.742. The molecule has 1 aromatic rings. The molecule has 1 unspecified atom stereocenters. The number of hydrogen-bond donors (Lipinski definition) is 0. The molecule has 1 aromatic carbocycles. The van der Waals surface area contributed by atoms with Gasteiger partial charge in [-0.3, -0.25) is 0 Å². The average molecular weight is 257 g/mol. The van der Waals surface area contributed by atoms with Crippen LogP contribution in [0.1, 0.15) is 30.1 Å². The van der Waals surface area contributed by atoms with E-state index < -0.39 is 0 Å². The zero-order valence-corrected chi connectivity index (χ0v) is 9.90. The Balaban J connectivity index is 2.14. The Labute approximate surface area is 92.2 Å². The molecule has 0 saturated carbocycles. The van der Waals surface area contributed by atoms with Crippen LogP contribution in [-0.4, -0.2) is 5.75 Å². The number of benzene rings is 1. The molecule has 1 aliphatic rings. The zero-order valence-electron chi connectivity index (χ0n) is 7.50. The molecule has 2 heteroatoms. The highest BCUT2D eigenvalue weighted by Gasteiger charge is 2.15. The lowest BCUT2D eigenvalue weighted by Gasteiger charge is -2.21. The van der Waals surface area contributed by atoms with Gasteiger partial charge < -0.3 is 0 Å². The van der Waals surface area contributed by atoms with Crippen LogP contribution in [0.15, 0.2) is 28.7 Å². The summed E-state index contributed by atoms with van der Waals surface area (Å²) < 4.78 is 1.20. The third-order valence-electron chi connectivity index (χ3n) is 2.40. The predicted molar refractivity (Wildman–Crippen MR) is 63.2 cm³/mol. The SMILES string of the molecule is Brc1cccc(C2CCCCS2)c1. The Morgan fingerprint density at radius 1 is 1.31 bits per heavy atom. The van der Waals surface area contributed by atoms with Crippen LogP contribution in [-0.2, 0) is 0 Å². The highest BCUT2D eigenvalue weighted by molar-refractivity contribution is 9.10. The quantitative estimate of drug-likeness (QED) is 0.718. The van der Waals surface area contributed by atoms with E-state index in [1.807, 2.05) is 0 Å². The van der Waals surface area contributed by atoms with E-state index in [1.165, 1.54) is 35.1 Å². The molecule has 1 saturated heterocycles. The number of hydrogen-bond acceptors (Lipinski definition) is 1. The fourth-order valence-corrected chi connectivity index (χ4v) is 3.46. The van der Waals surface area contributed by atoms with Crippen molar-refractivity contribution in [2.24, 2.45) is 0 Å². The summed E-state index contributed by atoms with van der Waals surface area (Å²) in [6.45, 7) is 0. The van der Waals surface area contributed by atoms with E-state index in [0.29, 0.717) is 0 Å². The van der Waals surface area contributed by atoms with Crippen LogP contribution in [0.25, 0.3) is 0 Å². The molecule has 0 N–H and O–H groups in total. The van der Waals surface area contributed by atoms with E-state index in [0.717, 1.165) is 5.25 Å². The topological polar surface area (TPSA) is 0 Å². The minimum Gasteiger partial charge on any atom is -0.154 e. The Morgan fingerprint density at radius 2 is 2.23 bits per heavy atom. The lowest BCUT2D eigenvalue weighted by molar-refractivity contribution is 0.686. The minimum atomic E-state index is 0.742. The average Bonchev–Trinajstić information content (AvgIpc) is 2.19. The van der Waals surface area contributed by atoms with Crippen molar-refractivity contribution >= 4 is 27.7 Å². The summed E-state index contributed by atoms with van der Waals surface area (Å²) in [5.74, 6) is 1.33. The molecule has 0 radical (unpaired) electrons. The molecule has 13 heavy (non-hydrogen) atoms. The number of thioether (sulfide) groups is 1. The lowest BCUT2D eigenvalue weighted by atomic mass is 10.1. The van der Waals surface area contributed by atoms with Crippen molar-refractivity contribution in [3.8, 4) is 0 Å². The van der Waals surface area contributed by atoms with Crippen LogP contribution >= 0.6 is 27.7 Å². The smallest absolute Gasteiger partial charge is 0.0297 e. The molecule has 0 aliphatic carbocycles. The molecule has 0 amide bonds. The fourth-order valence-electron chi connectivity index (χ4n) is 1.71. The van der Waals surface area contributed by atoms with Gasteiger partial charge in [0.15, 0.2) is 0 Å². The van der Waals surface area contributed by atoms with E-state index in [2.05, 4.69) is 52.0 Å². The molecule has 0 nitrogen and oxygen atoms in total. The van der Waals surface area contributed by atoms with Gasteiger partial charge in [-0.25, -0.2) is 0 Å². The van der Waals surface area contributed by atoms with E-state index in [4.69, 9.17) is 0 Å². The molecule has 0 spiro atoms. The van der Waals surface area contributed by atoms with E-state index in [9.17, 15) is 0 Å². The predicted octanol–water partition coefficient (Wildman–Crippen LogP) is 4.41. The van der Waals surface area contributed by atoms with Crippen molar-refractivity contribution in [1.82, 2.24) is 0 Å². The maximum Gasteiger partial charge on any atom is 0.0297 e. The number of halogens is 1. The Hall–Kier alpha value is 0.0500. The van der Waals surface area contributed by atoms with Crippen LogP contribution in [0.5, 0.6) is 0 Å². The second kappa shape index (κ2) is 4.52. The van der Waals surface area contributed by atoms with Crippen LogP contribution < -0.4 is 0 Å². The van der Waals surface area contributed by atoms with Gasteiger partial charge in [-0.1, -0.05) is 34.5 Å². The highest BCUT2D eigenvalue weighted by Crippen LogP contribution is 2.38. The lowest BCUT2D eigenvalue weighted by Crippen LogP contribution is -2.01. The third kappa shape index (κ3) is 2.50. The van der Waals surface area contributed by atoms with Crippen LogP contribution in [0, 0.1) is 0 Å². The zero-order chi connectivity index (χ0) is 9.10. The molecule has 1 fully saturated rings. The van der Waals surface area contributed by atoms with E-state index >= 15 is 0 Å². The van der Waals surface area contributed by atoms with Crippen molar-refractivity contribution in [2.75, 3.05) is 5.75 Å². The first-order chi connectivity index (χ1) is 6.36. The van der Waals surface area contributed by atoms with Gasteiger partial charge in [0.2, 0.25) is 0 Å². The van der Waals surface area contributed by atoms with Gasteiger partial charge in [0.1, 0.15) is 0 Å². The minimum absolute atomic E-state index is 0.742. The maximum atomic E-state index is 3.52. The molecule has 0 bridgehead atoms. The van der Waals surface area contributed by atoms with Gasteiger partial charge in [0, 0.05) is 9.72 Å². The molecule has 0 aromatic heterocycles. The van der Waals surface area contributed by atoms with Gasteiger partial charge in [-0.05, 0) is 36.3 Å². The van der Waals surface area contributed by atoms with Gasteiger partial charge in [-0.15, -0.1) is 0 Å². The second-order valence-corrected chi connectivity index (χ2v) is 5.64. The summed E-state index contributed by atoms with van der Waals surface area (Å²) in [7, 11) is 0. The second-order valence-electron chi connectivity index (χ2n) is 3.41. The third-order valence-corrected chi connectivity index (χ3v) is 4.33. The first kappa shape index (κ1) is 9.60. The highest BCUT2D eigenvalue weighted by atomic mass is 79.9. The Bertz CT molecular complexity index is 279. The van der Waals surface area contributed by atoms with Gasteiger partial charge in [-0.2, -0.15) is 11.8 Å². The first-order valence-corrected chi connectivity index (χ1v) is 6.57. The largest absolute Gasteiger partial charge is 0.154 e. The molecular formula is C11H13BrS. The van der Waals surface area contributed by atoms with Crippen molar-refractivity contribution in [3.63, 3.8) is 0 Å². The van der Waals surface area contributed by atoms with Gasteiger partial charge in [0.25, 0.3) is 0 Å². The standard InChI is InChI=1S/C11H13BrS/c12-10-5-3-4-9(8-10)11-6-1-2-7-13-11/h3-5,8,11H,1-2,6-7H2. The summed E-state index contributed by atoms with van der Waals surface area (Å²) in [5.41, 5.74) is 1.49. The monoisotopic (exact) mass is 256 g/mol. The van der Waals surface area contributed by atoms with Crippen LogP contribution in [0.4, 0.5) is 0 Å². The molecule has 1 heterocycles. The van der Waals surface area contributed by atoms with Crippen molar-refractivity contribution in [1.29, 1.82) is 0 Å². The van der Waals surface area contributed by atoms with Gasteiger partial charge >= 0.3 is 0 Å². The van der Waals surface area contributed by atoms with Gasteiger partial charge in [0.05, 0.1) is 0 Å². The summed E-state index contributed by atoms with van der Waals surface area (Å²) in [4.78, 5) is 0. The molecule has 1 atom stereocenters. The van der Waals surface area contributed by atoms with Crippen LogP contribution in [0.2, 0.25) is 0 Å². The van der Waals surface area contributed by atoms with Crippen molar-refractivity contribution < 1.29 is 0 Å². The Kier molecular flexibility index (Phi) is 3.33. The van der Waals surface area contributed by atoms with Crippen molar-refractivity contribution in [3.05, 3.63) is 34.3 Å². The molecule has 2 rings (SSSR count). The molecule has 1 aliphatic heterocycles.